The summed E-state index contributed by atoms with van der Waals surface area (Å²) in [6.45, 7) is 6.23. The molecule has 0 spiro atoms. The summed E-state index contributed by atoms with van der Waals surface area (Å²) in [5.74, 6) is 1.59. The Morgan fingerprint density at radius 1 is 0.957 bits per heavy atom. The largest absolute Gasteiger partial charge is 0.351 e. The van der Waals surface area contributed by atoms with Gasteiger partial charge in [-0.2, -0.15) is 4.98 Å². The second kappa shape index (κ2) is 6.99. The first-order valence-corrected chi connectivity index (χ1v) is 8.56. The van der Waals surface area contributed by atoms with Crippen molar-refractivity contribution in [3.63, 3.8) is 0 Å². The van der Waals surface area contributed by atoms with Gasteiger partial charge < -0.3 is 10.6 Å². The zero-order valence-corrected chi connectivity index (χ0v) is 14.3. The van der Waals surface area contributed by atoms with E-state index in [0.29, 0.717) is 6.04 Å². The van der Waals surface area contributed by atoms with Crippen molar-refractivity contribution in [3.05, 3.63) is 41.1 Å². The summed E-state index contributed by atoms with van der Waals surface area (Å²) in [4.78, 5) is 9.21. The molecule has 1 aromatic heterocycles. The maximum absolute atomic E-state index is 4.66. The smallest absolute Gasteiger partial charge is 0.225 e. The van der Waals surface area contributed by atoms with Gasteiger partial charge in [0.2, 0.25) is 5.95 Å². The molecular weight excluding hydrogens is 284 g/mol. The number of anilines is 3. The highest BCUT2D eigenvalue weighted by atomic mass is 15.2. The van der Waals surface area contributed by atoms with E-state index in [-0.39, 0.29) is 0 Å². The molecule has 1 heterocycles. The van der Waals surface area contributed by atoms with Gasteiger partial charge in [0.25, 0.3) is 0 Å². The Morgan fingerprint density at radius 2 is 1.74 bits per heavy atom. The summed E-state index contributed by atoms with van der Waals surface area (Å²) in [7, 11) is 0. The summed E-state index contributed by atoms with van der Waals surface area (Å²) in [5.41, 5.74) is 4.54. The van der Waals surface area contributed by atoms with Gasteiger partial charge in [0.1, 0.15) is 5.82 Å². The lowest BCUT2D eigenvalue weighted by Gasteiger charge is -2.23. The zero-order chi connectivity index (χ0) is 16.2. The quantitative estimate of drug-likeness (QED) is 0.844. The van der Waals surface area contributed by atoms with Crippen LogP contribution in [0.25, 0.3) is 0 Å². The van der Waals surface area contributed by atoms with Crippen molar-refractivity contribution in [1.29, 1.82) is 0 Å². The lowest BCUT2D eigenvalue weighted by atomic mass is 9.96. The highest BCUT2D eigenvalue weighted by molar-refractivity contribution is 5.62. The first kappa shape index (κ1) is 15.8. The van der Waals surface area contributed by atoms with Gasteiger partial charge in [0.15, 0.2) is 0 Å². The van der Waals surface area contributed by atoms with Crippen LogP contribution in [-0.2, 0) is 0 Å². The Labute approximate surface area is 138 Å². The molecule has 0 amide bonds. The molecular formula is C19H26N4. The third kappa shape index (κ3) is 4.21. The van der Waals surface area contributed by atoms with Crippen LogP contribution in [0.3, 0.4) is 0 Å². The van der Waals surface area contributed by atoms with Gasteiger partial charge in [-0.25, -0.2) is 4.98 Å². The van der Waals surface area contributed by atoms with E-state index < -0.39 is 0 Å². The first-order valence-electron chi connectivity index (χ1n) is 8.56. The van der Waals surface area contributed by atoms with Crippen molar-refractivity contribution < 1.29 is 0 Å². The Bertz CT molecular complexity index is 675. The van der Waals surface area contributed by atoms with Gasteiger partial charge >= 0.3 is 0 Å². The highest BCUT2D eigenvalue weighted by Gasteiger charge is 2.14. The lowest BCUT2D eigenvalue weighted by Crippen LogP contribution is -2.23. The molecule has 0 unspecified atom stereocenters. The second-order valence-electron chi connectivity index (χ2n) is 6.64. The summed E-state index contributed by atoms with van der Waals surface area (Å²) < 4.78 is 0. The predicted molar refractivity (Wildman–Crippen MR) is 96.5 cm³/mol. The predicted octanol–water partition coefficient (Wildman–Crippen LogP) is 4.89. The Balaban J connectivity index is 1.78. The van der Waals surface area contributed by atoms with Crippen LogP contribution in [0.2, 0.25) is 0 Å². The summed E-state index contributed by atoms with van der Waals surface area (Å²) in [6, 6.07) is 8.92. The Kier molecular flexibility index (Phi) is 4.79. The fourth-order valence-corrected chi connectivity index (χ4v) is 3.14. The van der Waals surface area contributed by atoms with Gasteiger partial charge in [-0.15, -0.1) is 0 Å². The average Bonchev–Trinajstić information content (AvgIpc) is 2.51. The number of nitrogens with one attached hydrogen (secondary N) is 2. The van der Waals surface area contributed by atoms with Crippen molar-refractivity contribution in [2.75, 3.05) is 10.6 Å². The van der Waals surface area contributed by atoms with Gasteiger partial charge in [-0.3, -0.25) is 0 Å². The maximum atomic E-state index is 4.66. The normalized spacial score (nSPS) is 15.4. The van der Waals surface area contributed by atoms with E-state index in [1.807, 2.05) is 13.0 Å². The van der Waals surface area contributed by atoms with E-state index in [1.54, 1.807) is 0 Å². The van der Waals surface area contributed by atoms with Crippen LogP contribution in [0.5, 0.6) is 0 Å². The molecule has 4 heteroatoms. The monoisotopic (exact) mass is 310 g/mol. The number of aromatic nitrogens is 2. The van der Waals surface area contributed by atoms with Crippen molar-refractivity contribution in [3.8, 4) is 0 Å². The molecule has 122 valence electrons. The van der Waals surface area contributed by atoms with Crippen LogP contribution < -0.4 is 10.6 Å². The molecule has 2 N–H and O–H groups in total. The van der Waals surface area contributed by atoms with Crippen molar-refractivity contribution in [1.82, 2.24) is 9.97 Å². The molecule has 2 aromatic rings. The van der Waals surface area contributed by atoms with Crippen LogP contribution in [0.4, 0.5) is 17.5 Å². The molecule has 3 rings (SSSR count). The van der Waals surface area contributed by atoms with E-state index in [9.17, 15) is 0 Å². The Morgan fingerprint density at radius 3 is 2.52 bits per heavy atom. The molecule has 0 saturated heterocycles. The number of rotatable bonds is 4. The second-order valence-corrected chi connectivity index (χ2v) is 6.64. The van der Waals surface area contributed by atoms with Crippen LogP contribution in [-0.4, -0.2) is 16.0 Å². The van der Waals surface area contributed by atoms with Crippen LogP contribution in [0.1, 0.15) is 48.9 Å². The van der Waals surface area contributed by atoms with Crippen molar-refractivity contribution in [2.24, 2.45) is 0 Å². The number of aryl methyl sites for hydroxylation is 3. The minimum atomic E-state index is 0.513. The molecule has 0 radical (unpaired) electrons. The van der Waals surface area contributed by atoms with Crippen molar-refractivity contribution in [2.45, 2.75) is 58.9 Å². The highest BCUT2D eigenvalue weighted by Crippen LogP contribution is 2.24. The standard InChI is InChI=1S/C19H26N4/c1-13-9-10-14(2)17(11-13)22-18-12-15(3)20-19(23-18)21-16-7-5-4-6-8-16/h9-12,16H,4-8H2,1-3H3,(H2,20,21,22,23). The summed E-state index contributed by atoms with van der Waals surface area (Å²) >= 11 is 0. The number of hydrogen-bond acceptors (Lipinski definition) is 4. The van der Waals surface area contributed by atoms with Gasteiger partial charge in [0, 0.05) is 23.5 Å². The van der Waals surface area contributed by atoms with Crippen molar-refractivity contribution >= 4 is 17.5 Å². The van der Waals surface area contributed by atoms with Crippen LogP contribution in [0.15, 0.2) is 24.3 Å². The topological polar surface area (TPSA) is 49.8 Å². The number of nitrogens with zero attached hydrogens (tertiary/aromatic N) is 2. The molecule has 1 fully saturated rings. The molecule has 0 aliphatic heterocycles. The fourth-order valence-electron chi connectivity index (χ4n) is 3.14. The van der Waals surface area contributed by atoms with Gasteiger partial charge in [-0.05, 0) is 50.8 Å². The number of benzene rings is 1. The molecule has 1 aliphatic rings. The average molecular weight is 310 g/mol. The van der Waals surface area contributed by atoms with E-state index in [0.717, 1.165) is 23.1 Å². The minimum absolute atomic E-state index is 0.513. The van der Waals surface area contributed by atoms with E-state index >= 15 is 0 Å². The van der Waals surface area contributed by atoms with E-state index in [4.69, 9.17) is 0 Å². The molecule has 23 heavy (non-hydrogen) atoms. The molecule has 0 atom stereocenters. The first-order chi connectivity index (χ1) is 11.1. The summed E-state index contributed by atoms with van der Waals surface area (Å²) in [6.07, 6.45) is 6.40. The third-order valence-electron chi connectivity index (χ3n) is 4.45. The van der Waals surface area contributed by atoms with Gasteiger partial charge in [-0.1, -0.05) is 31.4 Å². The molecule has 1 saturated carbocycles. The zero-order valence-electron chi connectivity index (χ0n) is 14.3. The summed E-state index contributed by atoms with van der Waals surface area (Å²) in [5, 5.41) is 6.95. The molecule has 4 nitrogen and oxygen atoms in total. The third-order valence-corrected chi connectivity index (χ3v) is 4.45. The van der Waals surface area contributed by atoms with E-state index in [1.165, 1.54) is 43.2 Å². The lowest BCUT2D eigenvalue weighted by molar-refractivity contribution is 0.461. The minimum Gasteiger partial charge on any atom is -0.351 e. The molecule has 1 aliphatic carbocycles. The van der Waals surface area contributed by atoms with Gasteiger partial charge in [0.05, 0.1) is 0 Å². The maximum Gasteiger partial charge on any atom is 0.225 e. The van der Waals surface area contributed by atoms with Crippen LogP contribution >= 0.6 is 0 Å². The fraction of sp³-hybridized carbons (Fsp3) is 0.474. The number of hydrogen-bond donors (Lipinski definition) is 2. The van der Waals surface area contributed by atoms with Crippen LogP contribution in [0, 0.1) is 20.8 Å². The Hall–Kier alpha value is -2.10. The SMILES string of the molecule is Cc1ccc(C)c(Nc2cc(C)nc(NC3CCCCC3)n2)c1. The molecule has 1 aromatic carbocycles. The van der Waals surface area contributed by atoms with E-state index in [2.05, 4.69) is 52.6 Å². The molecule has 0 bridgehead atoms.